The van der Waals surface area contributed by atoms with E-state index in [1.807, 2.05) is 24.1 Å². The van der Waals surface area contributed by atoms with Gasteiger partial charge in [0.15, 0.2) is 0 Å². The zero-order valence-electron chi connectivity index (χ0n) is 18.6. The summed E-state index contributed by atoms with van der Waals surface area (Å²) in [6.45, 7) is 5.26. The zero-order chi connectivity index (χ0) is 21.6. The van der Waals surface area contributed by atoms with Gasteiger partial charge in [-0.2, -0.15) is 5.10 Å². The van der Waals surface area contributed by atoms with Crippen LogP contribution in [0.15, 0.2) is 36.5 Å². The monoisotopic (exact) mass is 422 g/mol. The van der Waals surface area contributed by atoms with Crippen molar-refractivity contribution in [2.45, 2.75) is 58.4 Å². The van der Waals surface area contributed by atoms with E-state index in [1.54, 1.807) is 4.68 Å². The quantitative estimate of drug-likeness (QED) is 0.673. The standard InChI is InChI=1S/C25H34N4O2/c1-2-29-16-13-23(27-29)25(31)28-14-11-21(12-15-28)17-20-5-3-19(4-6-20)9-10-24(30)26-18-22-7-8-22/h3-6,13,16,21-22H,2,7-12,14-15,17-18H2,1H3,(H,26,30). The minimum absolute atomic E-state index is 0.0520. The molecular formula is C25H34N4O2. The van der Waals surface area contributed by atoms with Crippen LogP contribution in [0.2, 0.25) is 0 Å². The minimum Gasteiger partial charge on any atom is -0.356 e. The number of piperidine rings is 1. The molecule has 0 unspecified atom stereocenters. The number of rotatable bonds is 9. The molecule has 1 aromatic carbocycles. The Morgan fingerprint density at radius 3 is 2.35 bits per heavy atom. The normalized spacial score (nSPS) is 17.0. The first-order valence-electron chi connectivity index (χ1n) is 11.8. The number of hydrogen-bond donors (Lipinski definition) is 1. The lowest BCUT2D eigenvalue weighted by Crippen LogP contribution is -2.39. The van der Waals surface area contributed by atoms with Gasteiger partial charge in [-0.15, -0.1) is 0 Å². The highest BCUT2D eigenvalue weighted by molar-refractivity contribution is 5.92. The zero-order valence-corrected chi connectivity index (χ0v) is 18.6. The van der Waals surface area contributed by atoms with E-state index in [1.165, 1.54) is 24.0 Å². The van der Waals surface area contributed by atoms with Gasteiger partial charge in [-0.3, -0.25) is 14.3 Å². The molecule has 2 aliphatic rings. The Labute approximate surface area is 185 Å². The van der Waals surface area contributed by atoms with Crippen LogP contribution < -0.4 is 5.32 Å². The summed E-state index contributed by atoms with van der Waals surface area (Å²) in [5.74, 6) is 1.55. The van der Waals surface area contributed by atoms with Crippen molar-refractivity contribution in [3.8, 4) is 0 Å². The number of aromatic nitrogens is 2. The Balaban J connectivity index is 1.18. The molecule has 4 rings (SSSR count). The molecule has 1 aromatic heterocycles. The van der Waals surface area contributed by atoms with Gasteiger partial charge in [0.2, 0.25) is 5.91 Å². The number of nitrogens with zero attached hydrogens (tertiary/aromatic N) is 3. The van der Waals surface area contributed by atoms with Gasteiger partial charge in [-0.1, -0.05) is 24.3 Å². The maximum Gasteiger partial charge on any atom is 0.274 e. The van der Waals surface area contributed by atoms with Crippen molar-refractivity contribution in [2.24, 2.45) is 11.8 Å². The SMILES string of the molecule is CCn1ccc(C(=O)N2CCC(Cc3ccc(CCC(=O)NCC4CC4)cc3)CC2)n1. The molecule has 1 N–H and O–H groups in total. The third-order valence-corrected chi connectivity index (χ3v) is 6.56. The van der Waals surface area contributed by atoms with Crippen LogP contribution in [0, 0.1) is 11.8 Å². The van der Waals surface area contributed by atoms with Gasteiger partial charge in [0.1, 0.15) is 5.69 Å². The van der Waals surface area contributed by atoms with E-state index < -0.39 is 0 Å². The molecule has 0 spiro atoms. The fraction of sp³-hybridized carbons (Fsp3) is 0.560. The maximum absolute atomic E-state index is 12.6. The third-order valence-electron chi connectivity index (χ3n) is 6.56. The Hall–Kier alpha value is -2.63. The highest BCUT2D eigenvalue weighted by atomic mass is 16.2. The van der Waals surface area contributed by atoms with E-state index in [-0.39, 0.29) is 11.8 Å². The van der Waals surface area contributed by atoms with Crippen molar-refractivity contribution < 1.29 is 9.59 Å². The molecule has 0 radical (unpaired) electrons. The molecule has 2 fully saturated rings. The number of amides is 2. The molecule has 2 aromatic rings. The van der Waals surface area contributed by atoms with E-state index >= 15 is 0 Å². The molecule has 1 saturated carbocycles. The van der Waals surface area contributed by atoms with Crippen molar-refractivity contribution in [3.05, 3.63) is 53.3 Å². The lowest BCUT2D eigenvalue weighted by atomic mass is 9.89. The second-order valence-corrected chi connectivity index (χ2v) is 9.06. The van der Waals surface area contributed by atoms with Crippen molar-refractivity contribution in [2.75, 3.05) is 19.6 Å². The van der Waals surface area contributed by atoms with E-state index in [9.17, 15) is 9.59 Å². The van der Waals surface area contributed by atoms with E-state index in [0.717, 1.165) is 57.8 Å². The first kappa shape index (κ1) is 21.6. The van der Waals surface area contributed by atoms with Crippen LogP contribution in [0.1, 0.15) is 60.6 Å². The number of benzene rings is 1. The molecule has 2 heterocycles. The number of carbonyl (C=O) groups excluding carboxylic acids is 2. The first-order chi connectivity index (χ1) is 15.1. The summed E-state index contributed by atoms with van der Waals surface area (Å²) in [7, 11) is 0. The summed E-state index contributed by atoms with van der Waals surface area (Å²) in [6.07, 6.45) is 8.87. The molecule has 1 saturated heterocycles. The topological polar surface area (TPSA) is 67.2 Å². The van der Waals surface area contributed by atoms with Gasteiger partial charge in [0.25, 0.3) is 5.91 Å². The molecule has 6 heteroatoms. The van der Waals surface area contributed by atoms with Crippen LogP contribution in [0.3, 0.4) is 0 Å². The maximum atomic E-state index is 12.6. The Bertz CT molecular complexity index is 877. The molecule has 0 atom stereocenters. The highest BCUT2D eigenvalue weighted by Gasteiger charge is 2.25. The van der Waals surface area contributed by atoms with Crippen LogP contribution in [0.5, 0.6) is 0 Å². The van der Waals surface area contributed by atoms with Crippen molar-refractivity contribution in [3.63, 3.8) is 0 Å². The Morgan fingerprint density at radius 2 is 1.71 bits per heavy atom. The summed E-state index contributed by atoms with van der Waals surface area (Å²) in [4.78, 5) is 26.5. The molecule has 6 nitrogen and oxygen atoms in total. The highest BCUT2D eigenvalue weighted by Crippen LogP contribution is 2.27. The second kappa shape index (κ2) is 10.1. The van der Waals surface area contributed by atoms with Crippen molar-refractivity contribution >= 4 is 11.8 Å². The lowest BCUT2D eigenvalue weighted by molar-refractivity contribution is -0.121. The molecule has 31 heavy (non-hydrogen) atoms. The number of likely N-dealkylation sites (tertiary alicyclic amines) is 1. The summed E-state index contributed by atoms with van der Waals surface area (Å²) in [6, 6.07) is 10.5. The number of nitrogens with one attached hydrogen (secondary N) is 1. The predicted octanol–water partition coefficient (Wildman–Crippen LogP) is 3.46. The molecule has 1 aliphatic heterocycles. The summed E-state index contributed by atoms with van der Waals surface area (Å²) in [5.41, 5.74) is 3.11. The molecular weight excluding hydrogens is 388 g/mol. The van der Waals surface area contributed by atoms with Gasteiger partial charge in [-0.25, -0.2) is 0 Å². The van der Waals surface area contributed by atoms with Crippen LogP contribution in [-0.2, 0) is 24.2 Å². The summed E-state index contributed by atoms with van der Waals surface area (Å²) < 4.78 is 1.80. The largest absolute Gasteiger partial charge is 0.356 e. The summed E-state index contributed by atoms with van der Waals surface area (Å²) in [5, 5.41) is 7.38. The van der Waals surface area contributed by atoms with Gasteiger partial charge in [0.05, 0.1) is 0 Å². The average Bonchev–Trinajstić information content (AvgIpc) is 3.51. The van der Waals surface area contributed by atoms with Crippen LogP contribution in [0.4, 0.5) is 0 Å². The number of carbonyl (C=O) groups is 2. The third kappa shape index (κ3) is 6.18. The number of aryl methyl sites for hydroxylation is 2. The fourth-order valence-corrected chi connectivity index (χ4v) is 4.26. The molecule has 166 valence electrons. The van der Waals surface area contributed by atoms with Crippen molar-refractivity contribution in [1.29, 1.82) is 0 Å². The Kier molecular flexibility index (Phi) is 7.05. The van der Waals surface area contributed by atoms with Gasteiger partial charge in [-0.05, 0) is 74.5 Å². The van der Waals surface area contributed by atoms with Gasteiger partial charge < -0.3 is 10.2 Å². The van der Waals surface area contributed by atoms with Crippen LogP contribution in [0.25, 0.3) is 0 Å². The average molecular weight is 423 g/mol. The lowest BCUT2D eigenvalue weighted by Gasteiger charge is -2.31. The van der Waals surface area contributed by atoms with Crippen LogP contribution in [-0.4, -0.2) is 46.1 Å². The molecule has 1 aliphatic carbocycles. The minimum atomic E-state index is 0.0520. The smallest absolute Gasteiger partial charge is 0.274 e. The van der Waals surface area contributed by atoms with E-state index in [4.69, 9.17) is 0 Å². The number of hydrogen-bond acceptors (Lipinski definition) is 3. The molecule has 0 bridgehead atoms. The molecule has 2 amide bonds. The van der Waals surface area contributed by atoms with Crippen LogP contribution >= 0.6 is 0 Å². The van der Waals surface area contributed by atoms with Gasteiger partial charge >= 0.3 is 0 Å². The summed E-state index contributed by atoms with van der Waals surface area (Å²) >= 11 is 0. The van der Waals surface area contributed by atoms with Crippen molar-refractivity contribution in [1.82, 2.24) is 20.0 Å². The second-order valence-electron chi connectivity index (χ2n) is 9.06. The fourth-order valence-electron chi connectivity index (χ4n) is 4.26. The van der Waals surface area contributed by atoms with E-state index in [2.05, 4.69) is 34.7 Å². The first-order valence-corrected chi connectivity index (χ1v) is 11.8. The Morgan fingerprint density at radius 1 is 1.00 bits per heavy atom. The van der Waals surface area contributed by atoms with E-state index in [0.29, 0.717) is 18.0 Å². The van der Waals surface area contributed by atoms with Gasteiger partial charge in [0, 0.05) is 38.8 Å². The predicted molar refractivity (Wildman–Crippen MR) is 121 cm³/mol.